The molecule has 0 aromatic heterocycles. The van der Waals surface area contributed by atoms with Crippen LogP contribution in [0, 0.1) is 21.8 Å². The van der Waals surface area contributed by atoms with Crippen LogP contribution in [0.3, 0.4) is 0 Å². The number of amides is 3. The number of nitrogens with one attached hydrogen (secondary N) is 2. The molecular formula is C15H17FN4O5. The Labute approximate surface area is 142 Å². The van der Waals surface area contributed by atoms with Crippen LogP contribution in [0.15, 0.2) is 18.2 Å². The molecule has 1 aromatic carbocycles. The molecule has 2 N–H and O–H groups in total. The molecule has 0 radical (unpaired) electrons. The summed E-state index contributed by atoms with van der Waals surface area (Å²) in [6.45, 7) is 1.99. The molecule has 1 aromatic rings. The first-order valence-electron chi connectivity index (χ1n) is 7.62. The van der Waals surface area contributed by atoms with E-state index in [1.807, 2.05) is 0 Å². The summed E-state index contributed by atoms with van der Waals surface area (Å²) in [5, 5.41) is 15.8. The summed E-state index contributed by atoms with van der Waals surface area (Å²) in [5.41, 5.74) is -0.591. The maximum atomic E-state index is 13.4. The largest absolute Gasteiger partial charge is 0.355 e. The quantitative estimate of drug-likeness (QED) is 0.565. The van der Waals surface area contributed by atoms with E-state index in [4.69, 9.17) is 0 Å². The summed E-state index contributed by atoms with van der Waals surface area (Å²) in [5.74, 6) is -2.90. The highest BCUT2D eigenvalue weighted by molar-refractivity contribution is 6.01. The molecule has 2 rings (SSSR count). The van der Waals surface area contributed by atoms with Gasteiger partial charge in [0.05, 0.1) is 23.1 Å². The van der Waals surface area contributed by atoms with Crippen molar-refractivity contribution in [2.24, 2.45) is 5.92 Å². The topological polar surface area (TPSA) is 122 Å². The Kier molecular flexibility index (Phi) is 5.63. The smallest absolute Gasteiger partial charge is 0.306 e. The van der Waals surface area contributed by atoms with Gasteiger partial charge < -0.3 is 15.5 Å². The highest BCUT2D eigenvalue weighted by atomic mass is 19.1. The Hall–Kier alpha value is -3.04. The molecule has 9 nitrogen and oxygen atoms in total. The molecule has 0 unspecified atom stereocenters. The van der Waals surface area contributed by atoms with E-state index in [1.165, 1.54) is 11.0 Å². The van der Waals surface area contributed by atoms with Gasteiger partial charge in [0.25, 0.3) is 0 Å². The zero-order valence-corrected chi connectivity index (χ0v) is 13.5. The Morgan fingerprint density at radius 2 is 2.12 bits per heavy atom. The third-order valence-corrected chi connectivity index (χ3v) is 3.73. The maximum Gasteiger partial charge on any atom is 0.306 e. The summed E-state index contributed by atoms with van der Waals surface area (Å²) in [6, 6.07) is 3.11. The van der Waals surface area contributed by atoms with E-state index in [0.29, 0.717) is 6.54 Å². The van der Waals surface area contributed by atoms with Crippen molar-refractivity contribution in [3.63, 3.8) is 0 Å². The van der Waals surface area contributed by atoms with Crippen LogP contribution in [-0.2, 0) is 14.4 Å². The second kappa shape index (κ2) is 7.69. The van der Waals surface area contributed by atoms with E-state index < -0.39 is 34.2 Å². The number of hydrogen-bond donors (Lipinski definition) is 2. The highest BCUT2D eigenvalue weighted by Crippen LogP contribution is 2.29. The zero-order valence-electron chi connectivity index (χ0n) is 13.5. The van der Waals surface area contributed by atoms with Gasteiger partial charge in [-0.25, -0.2) is 0 Å². The molecule has 1 saturated heterocycles. The Morgan fingerprint density at radius 3 is 2.76 bits per heavy atom. The predicted molar refractivity (Wildman–Crippen MR) is 85.2 cm³/mol. The molecule has 3 amide bonds. The first kappa shape index (κ1) is 18.3. The third-order valence-electron chi connectivity index (χ3n) is 3.73. The van der Waals surface area contributed by atoms with Crippen molar-refractivity contribution in [3.05, 3.63) is 34.1 Å². The highest BCUT2D eigenvalue weighted by Gasteiger charge is 2.36. The molecular weight excluding hydrogens is 335 g/mol. The summed E-state index contributed by atoms with van der Waals surface area (Å²) in [7, 11) is 0. The summed E-state index contributed by atoms with van der Waals surface area (Å²) < 4.78 is 13.4. The first-order valence-corrected chi connectivity index (χ1v) is 7.62. The van der Waals surface area contributed by atoms with E-state index in [1.54, 1.807) is 6.92 Å². The van der Waals surface area contributed by atoms with Crippen LogP contribution in [0.1, 0.15) is 13.3 Å². The number of carbonyl (C=O) groups excluding carboxylic acids is 3. The number of nitrogens with zero attached hydrogens (tertiary/aromatic N) is 2. The van der Waals surface area contributed by atoms with Crippen molar-refractivity contribution in [2.75, 3.05) is 24.5 Å². The van der Waals surface area contributed by atoms with Crippen LogP contribution >= 0.6 is 0 Å². The lowest BCUT2D eigenvalue weighted by Gasteiger charge is -2.16. The minimum Gasteiger partial charge on any atom is -0.355 e. The van der Waals surface area contributed by atoms with E-state index in [9.17, 15) is 28.9 Å². The average Bonchev–Trinajstić information content (AvgIpc) is 2.95. The number of nitro benzene ring substituents is 1. The van der Waals surface area contributed by atoms with Gasteiger partial charge >= 0.3 is 5.69 Å². The van der Waals surface area contributed by atoms with Crippen molar-refractivity contribution >= 4 is 29.1 Å². The Bertz CT molecular complexity index is 724. The SMILES string of the molecule is CCNC(=O)CNC(=O)[C@H]1CC(=O)N(c2ccc(F)c([N+](=O)[O-])c2)C1. The van der Waals surface area contributed by atoms with Crippen LogP contribution in [0.4, 0.5) is 15.8 Å². The van der Waals surface area contributed by atoms with Gasteiger partial charge in [-0.2, -0.15) is 4.39 Å². The third kappa shape index (κ3) is 4.28. The fourth-order valence-corrected chi connectivity index (χ4v) is 2.51. The Balaban J connectivity index is 2.05. The van der Waals surface area contributed by atoms with E-state index in [-0.39, 0.29) is 31.1 Å². The predicted octanol–water partition coefficient (Wildman–Crippen LogP) is 0.339. The molecule has 1 atom stereocenters. The summed E-state index contributed by atoms with van der Waals surface area (Å²) >= 11 is 0. The fourth-order valence-electron chi connectivity index (χ4n) is 2.51. The van der Waals surface area contributed by atoms with Crippen LogP contribution in [0.5, 0.6) is 0 Å². The number of likely N-dealkylation sites (N-methyl/N-ethyl adjacent to an activating group) is 1. The molecule has 1 aliphatic rings. The van der Waals surface area contributed by atoms with Crippen LogP contribution in [0.25, 0.3) is 0 Å². The zero-order chi connectivity index (χ0) is 18.6. The van der Waals surface area contributed by atoms with Crippen molar-refractivity contribution in [1.82, 2.24) is 10.6 Å². The Morgan fingerprint density at radius 1 is 1.40 bits per heavy atom. The second-order valence-electron chi connectivity index (χ2n) is 5.47. The monoisotopic (exact) mass is 352 g/mol. The standard InChI is InChI=1S/C15H17FN4O5/c1-2-17-13(21)7-18-15(23)9-5-14(22)19(8-9)10-3-4-11(16)12(6-10)20(24)25/h3-4,6,9H,2,5,7-8H2,1H3,(H,17,21)(H,18,23)/t9-/m0/s1. The molecule has 1 heterocycles. The molecule has 0 bridgehead atoms. The van der Waals surface area contributed by atoms with Gasteiger partial charge in [-0.1, -0.05) is 0 Å². The molecule has 0 spiro atoms. The van der Waals surface area contributed by atoms with Gasteiger partial charge in [0.2, 0.25) is 23.5 Å². The van der Waals surface area contributed by atoms with Crippen LogP contribution in [-0.4, -0.2) is 42.3 Å². The molecule has 1 fully saturated rings. The number of anilines is 1. The average molecular weight is 352 g/mol. The van der Waals surface area contributed by atoms with Crippen molar-refractivity contribution in [2.45, 2.75) is 13.3 Å². The number of nitro groups is 1. The molecule has 10 heteroatoms. The second-order valence-corrected chi connectivity index (χ2v) is 5.47. The summed E-state index contributed by atoms with van der Waals surface area (Å²) in [4.78, 5) is 46.6. The van der Waals surface area contributed by atoms with Gasteiger partial charge in [0, 0.05) is 25.6 Å². The van der Waals surface area contributed by atoms with E-state index in [0.717, 1.165) is 12.1 Å². The lowest BCUT2D eigenvalue weighted by atomic mass is 10.1. The maximum absolute atomic E-state index is 13.4. The van der Waals surface area contributed by atoms with Gasteiger partial charge in [0.1, 0.15) is 0 Å². The number of hydrogen-bond acceptors (Lipinski definition) is 5. The van der Waals surface area contributed by atoms with Gasteiger partial charge in [0.15, 0.2) is 0 Å². The molecule has 134 valence electrons. The summed E-state index contributed by atoms with van der Waals surface area (Å²) in [6.07, 6.45) is -0.0909. The number of carbonyl (C=O) groups is 3. The van der Waals surface area contributed by atoms with Crippen molar-refractivity contribution in [3.8, 4) is 0 Å². The van der Waals surface area contributed by atoms with Crippen molar-refractivity contribution in [1.29, 1.82) is 0 Å². The molecule has 1 aliphatic heterocycles. The number of benzene rings is 1. The number of halogens is 1. The lowest BCUT2D eigenvalue weighted by Crippen LogP contribution is -2.40. The van der Waals surface area contributed by atoms with Crippen LogP contribution < -0.4 is 15.5 Å². The fraction of sp³-hybridized carbons (Fsp3) is 0.400. The van der Waals surface area contributed by atoms with Gasteiger partial charge in [-0.05, 0) is 19.1 Å². The van der Waals surface area contributed by atoms with Gasteiger partial charge in [-0.3, -0.25) is 24.5 Å². The van der Waals surface area contributed by atoms with Crippen LogP contribution in [0.2, 0.25) is 0 Å². The normalized spacial score (nSPS) is 16.6. The molecule has 25 heavy (non-hydrogen) atoms. The van der Waals surface area contributed by atoms with E-state index in [2.05, 4.69) is 10.6 Å². The minimum atomic E-state index is -1.00. The number of rotatable bonds is 6. The van der Waals surface area contributed by atoms with Gasteiger partial charge in [-0.15, -0.1) is 0 Å². The van der Waals surface area contributed by atoms with Crippen molar-refractivity contribution < 1.29 is 23.7 Å². The molecule has 0 saturated carbocycles. The lowest BCUT2D eigenvalue weighted by molar-refractivity contribution is -0.387. The molecule has 0 aliphatic carbocycles. The minimum absolute atomic E-state index is 0.00283. The van der Waals surface area contributed by atoms with E-state index >= 15 is 0 Å². The first-order chi connectivity index (χ1) is 11.8.